The molecule has 1 N–H and O–H groups in total. The van der Waals surface area contributed by atoms with Crippen molar-refractivity contribution in [3.05, 3.63) is 28.2 Å². The molecule has 1 fully saturated rings. The summed E-state index contributed by atoms with van der Waals surface area (Å²) >= 11 is 11.9. The molecule has 1 aromatic carbocycles. The molecule has 0 amide bonds. The van der Waals surface area contributed by atoms with Crippen LogP contribution >= 0.6 is 23.2 Å². The molecule has 7 nitrogen and oxygen atoms in total. The van der Waals surface area contributed by atoms with Crippen molar-refractivity contribution in [2.75, 3.05) is 13.1 Å². The van der Waals surface area contributed by atoms with E-state index in [-0.39, 0.29) is 40.2 Å². The van der Waals surface area contributed by atoms with Crippen LogP contribution in [0.15, 0.2) is 28.3 Å². The zero-order valence-electron chi connectivity index (χ0n) is 12.4. The Kier molecular flexibility index (Phi) is 4.50. The van der Waals surface area contributed by atoms with Crippen LogP contribution in [0, 0.1) is 0 Å². The number of hydrogen-bond acceptors (Lipinski definition) is 5. The minimum Gasteiger partial charge on any atom is -0.477 e. The minimum absolute atomic E-state index is 0.0378. The summed E-state index contributed by atoms with van der Waals surface area (Å²) in [6.45, 7) is 0.376. The van der Waals surface area contributed by atoms with Crippen LogP contribution in [-0.4, -0.2) is 48.2 Å². The first-order chi connectivity index (χ1) is 11.2. The molecule has 0 aliphatic carbocycles. The molecule has 0 saturated carbocycles. The number of carboxylic acid groups (broad SMARTS) is 1. The van der Waals surface area contributed by atoms with E-state index in [9.17, 15) is 13.2 Å². The van der Waals surface area contributed by atoms with Gasteiger partial charge in [-0.25, -0.2) is 13.2 Å². The van der Waals surface area contributed by atoms with E-state index in [0.717, 1.165) is 0 Å². The zero-order valence-corrected chi connectivity index (χ0v) is 14.7. The lowest BCUT2D eigenvalue weighted by molar-refractivity contribution is -0.129. The van der Waals surface area contributed by atoms with Crippen LogP contribution in [-0.2, 0) is 19.7 Å². The molecular weight excluding hydrogens is 379 g/mol. The molecule has 0 aromatic heterocycles. The predicted molar refractivity (Wildman–Crippen MR) is 88.0 cm³/mol. The van der Waals surface area contributed by atoms with Crippen molar-refractivity contribution in [1.29, 1.82) is 0 Å². The fraction of sp³-hybridized carbons (Fsp3) is 0.429. The number of carbonyl (C=O) groups is 1. The Balaban J connectivity index is 1.75. The SMILES string of the molecule is O=C(O)C1=NOC2(CCN(S(=O)(=O)c3cc(Cl)ccc3Cl)CC2)C1. The number of nitrogens with zero attached hydrogens (tertiary/aromatic N) is 2. The van der Waals surface area contributed by atoms with Crippen LogP contribution in [0.3, 0.4) is 0 Å². The van der Waals surface area contributed by atoms with Crippen molar-refractivity contribution in [1.82, 2.24) is 4.31 Å². The molecule has 2 heterocycles. The molecule has 1 spiro atoms. The second-order valence-corrected chi connectivity index (χ2v) is 8.52. The minimum atomic E-state index is -3.78. The van der Waals surface area contributed by atoms with Gasteiger partial charge in [-0.3, -0.25) is 0 Å². The van der Waals surface area contributed by atoms with Gasteiger partial charge in [0.15, 0.2) is 5.71 Å². The van der Waals surface area contributed by atoms with Crippen molar-refractivity contribution in [2.24, 2.45) is 5.16 Å². The van der Waals surface area contributed by atoms with E-state index in [1.807, 2.05) is 0 Å². The summed E-state index contributed by atoms with van der Waals surface area (Å²) < 4.78 is 26.8. The molecule has 2 aliphatic heterocycles. The predicted octanol–water partition coefficient (Wildman–Crippen LogP) is 2.38. The van der Waals surface area contributed by atoms with Gasteiger partial charge in [-0.1, -0.05) is 28.4 Å². The third-order valence-corrected chi connectivity index (χ3v) is 6.85. The van der Waals surface area contributed by atoms with E-state index in [1.54, 1.807) is 0 Å². The number of benzene rings is 1. The topological polar surface area (TPSA) is 96.3 Å². The Labute approximate surface area is 148 Å². The summed E-state index contributed by atoms with van der Waals surface area (Å²) in [5.41, 5.74) is -0.776. The summed E-state index contributed by atoms with van der Waals surface area (Å²) in [5, 5.41) is 13.0. The van der Waals surface area contributed by atoms with Gasteiger partial charge in [0.25, 0.3) is 0 Å². The molecule has 1 saturated heterocycles. The van der Waals surface area contributed by atoms with Crippen molar-refractivity contribution in [2.45, 2.75) is 29.8 Å². The molecule has 1 aromatic rings. The van der Waals surface area contributed by atoms with Crippen molar-refractivity contribution in [3.8, 4) is 0 Å². The number of aliphatic carboxylic acids is 1. The van der Waals surface area contributed by atoms with Gasteiger partial charge in [0.05, 0.1) is 5.02 Å². The number of oxime groups is 1. The second-order valence-electron chi connectivity index (χ2n) is 5.77. The summed E-state index contributed by atoms with van der Waals surface area (Å²) in [7, 11) is -3.78. The Morgan fingerprint density at radius 3 is 2.54 bits per heavy atom. The van der Waals surface area contributed by atoms with Crippen LogP contribution in [0.2, 0.25) is 10.0 Å². The lowest BCUT2D eigenvalue weighted by atomic mass is 9.88. The van der Waals surface area contributed by atoms with Gasteiger partial charge in [0.2, 0.25) is 10.0 Å². The quantitative estimate of drug-likeness (QED) is 0.851. The first kappa shape index (κ1) is 17.5. The maximum absolute atomic E-state index is 12.8. The Hall–Kier alpha value is -1.35. The van der Waals surface area contributed by atoms with Crippen LogP contribution in [0.25, 0.3) is 0 Å². The molecule has 0 unspecified atom stereocenters. The lowest BCUT2D eigenvalue weighted by Crippen LogP contribution is -2.47. The standard InChI is InChI=1S/C14H14Cl2N2O5S/c15-9-1-2-10(16)12(7-9)24(21,22)18-5-3-14(4-6-18)8-11(13(19)20)17-23-14/h1-2,7H,3-6,8H2,(H,19,20). The normalized spacial score (nSPS) is 20.7. The van der Waals surface area contributed by atoms with E-state index in [4.69, 9.17) is 33.1 Å². The van der Waals surface area contributed by atoms with E-state index in [2.05, 4.69) is 5.16 Å². The van der Waals surface area contributed by atoms with Gasteiger partial charge in [-0.15, -0.1) is 0 Å². The lowest BCUT2D eigenvalue weighted by Gasteiger charge is -2.36. The molecule has 24 heavy (non-hydrogen) atoms. The second kappa shape index (κ2) is 6.18. The highest BCUT2D eigenvalue weighted by atomic mass is 35.5. The highest BCUT2D eigenvalue weighted by Crippen LogP contribution is 2.37. The van der Waals surface area contributed by atoms with Crippen LogP contribution in [0.5, 0.6) is 0 Å². The average Bonchev–Trinajstić information content (AvgIpc) is 2.94. The summed E-state index contributed by atoms with van der Waals surface area (Å²) in [5.74, 6) is -1.12. The molecule has 3 rings (SSSR count). The van der Waals surface area contributed by atoms with Gasteiger partial charge < -0.3 is 9.94 Å². The van der Waals surface area contributed by atoms with Crippen molar-refractivity contribution >= 4 is 44.9 Å². The first-order valence-electron chi connectivity index (χ1n) is 7.17. The van der Waals surface area contributed by atoms with E-state index in [1.165, 1.54) is 22.5 Å². The van der Waals surface area contributed by atoms with Gasteiger partial charge in [0.1, 0.15) is 10.5 Å². The molecule has 130 valence electrons. The molecular formula is C14H14Cl2N2O5S. The smallest absolute Gasteiger partial charge is 0.353 e. The third-order valence-electron chi connectivity index (χ3n) is 4.23. The number of sulfonamides is 1. The number of halogens is 2. The average molecular weight is 393 g/mol. The number of carboxylic acids is 1. The number of rotatable bonds is 3. The van der Waals surface area contributed by atoms with E-state index < -0.39 is 21.6 Å². The van der Waals surface area contributed by atoms with Gasteiger partial charge in [-0.05, 0) is 18.2 Å². The van der Waals surface area contributed by atoms with Crippen LogP contribution < -0.4 is 0 Å². The van der Waals surface area contributed by atoms with Crippen molar-refractivity contribution in [3.63, 3.8) is 0 Å². The highest BCUT2D eigenvalue weighted by molar-refractivity contribution is 7.89. The summed E-state index contributed by atoms with van der Waals surface area (Å²) in [6, 6.07) is 4.28. The monoisotopic (exact) mass is 392 g/mol. The van der Waals surface area contributed by atoms with Crippen LogP contribution in [0.1, 0.15) is 19.3 Å². The van der Waals surface area contributed by atoms with Crippen molar-refractivity contribution < 1.29 is 23.2 Å². The highest BCUT2D eigenvalue weighted by Gasteiger charge is 2.46. The molecule has 0 bridgehead atoms. The maximum atomic E-state index is 12.8. The van der Waals surface area contributed by atoms with Gasteiger partial charge in [0, 0.05) is 37.4 Å². The van der Waals surface area contributed by atoms with E-state index >= 15 is 0 Å². The molecule has 2 aliphatic rings. The Morgan fingerprint density at radius 2 is 1.96 bits per heavy atom. The first-order valence-corrected chi connectivity index (χ1v) is 9.37. The van der Waals surface area contributed by atoms with Gasteiger partial charge in [-0.2, -0.15) is 4.31 Å². The van der Waals surface area contributed by atoms with Crippen LogP contribution in [0.4, 0.5) is 0 Å². The third kappa shape index (κ3) is 3.11. The fourth-order valence-electron chi connectivity index (χ4n) is 2.85. The fourth-order valence-corrected chi connectivity index (χ4v) is 5.03. The Morgan fingerprint density at radius 1 is 1.29 bits per heavy atom. The van der Waals surface area contributed by atoms with E-state index in [0.29, 0.717) is 12.8 Å². The zero-order chi connectivity index (χ0) is 17.5. The Bertz CT molecular complexity index is 816. The summed E-state index contributed by atoms with van der Waals surface area (Å²) in [6.07, 6.45) is 0.879. The largest absolute Gasteiger partial charge is 0.477 e. The van der Waals surface area contributed by atoms with Gasteiger partial charge >= 0.3 is 5.97 Å². The maximum Gasteiger partial charge on any atom is 0.353 e. The number of piperidine rings is 1. The molecule has 0 radical (unpaired) electrons. The summed E-state index contributed by atoms with van der Waals surface area (Å²) in [4.78, 5) is 16.2. The number of hydrogen-bond donors (Lipinski definition) is 1. The molecule has 10 heteroatoms. The molecule has 0 atom stereocenters.